The smallest absolute Gasteiger partial charge is 0.283 e. The molecule has 8 heteroatoms. The maximum Gasteiger partial charge on any atom is 0.283 e. The second-order valence-corrected chi connectivity index (χ2v) is 5.71. The lowest BCUT2D eigenvalue weighted by Crippen LogP contribution is -2.39. The van der Waals surface area contributed by atoms with Gasteiger partial charge in [0.1, 0.15) is 5.56 Å². The van der Waals surface area contributed by atoms with Crippen LogP contribution in [0.3, 0.4) is 0 Å². The molecular formula is C14H16ClN3O4. The Kier molecular flexibility index (Phi) is 4.97. The van der Waals surface area contributed by atoms with E-state index < -0.39 is 10.8 Å². The van der Waals surface area contributed by atoms with E-state index in [0.717, 1.165) is 6.42 Å². The SMILES string of the molecule is CC1CCN(C(=O)CNC(=O)c2c(Cl)cccc2[N+](=O)[O-])C1. The van der Waals surface area contributed by atoms with Gasteiger partial charge < -0.3 is 10.2 Å². The first kappa shape index (κ1) is 16.2. The molecule has 1 aliphatic heterocycles. The molecule has 7 nitrogen and oxygen atoms in total. The van der Waals surface area contributed by atoms with Crippen LogP contribution >= 0.6 is 11.6 Å². The Morgan fingerprint density at radius 3 is 2.82 bits per heavy atom. The number of hydrogen-bond donors (Lipinski definition) is 1. The van der Waals surface area contributed by atoms with Gasteiger partial charge in [0.2, 0.25) is 5.91 Å². The van der Waals surface area contributed by atoms with Gasteiger partial charge in [-0.3, -0.25) is 19.7 Å². The van der Waals surface area contributed by atoms with E-state index in [-0.39, 0.29) is 28.7 Å². The van der Waals surface area contributed by atoms with Crippen molar-refractivity contribution in [3.63, 3.8) is 0 Å². The molecule has 1 heterocycles. The number of carbonyl (C=O) groups excluding carboxylic acids is 2. The quantitative estimate of drug-likeness (QED) is 0.675. The summed E-state index contributed by atoms with van der Waals surface area (Å²) in [5.74, 6) is -0.477. The van der Waals surface area contributed by atoms with Crippen LogP contribution in [0.2, 0.25) is 5.02 Å². The molecule has 1 aromatic carbocycles. The number of likely N-dealkylation sites (tertiary alicyclic amines) is 1. The number of benzene rings is 1. The first-order valence-corrected chi connectivity index (χ1v) is 7.26. The highest BCUT2D eigenvalue weighted by Gasteiger charge is 2.26. The van der Waals surface area contributed by atoms with Crippen molar-refractivity contribution in [2.24, 2.45) is 5.92 Å². The van der Waals surface area contributed by atoms with Crippen molar-refractivity contribution in [1.29, 1.82) is 0 Å². The number of nitro benzene ring substituents is 1. The van der Waals surface area contributed by atoms with Crippen molar-refractivity contribution in [3.8, 4) is 0 Å². The van der Waals surface area contributed by atoms with Crippen molar-refractivity contribution < 1.29 is 14.5 Å². The van der Waals surface area contributed by atoms with Crippen LogP contribution in [0.4, 0.5) is 5.69 Å². The fourth-order valence-electron chi connectivity index (χ4n) is 2.41. The summed E-state index contributed by atoms with van der Waals surface area (Å²) < 4.78 is 0. The van der Waals surface area contributed by atoms with Crippen LogP contribution in [-0.2, 0) is 4.79 Å². The van der Waals surface area contributed by atoms with Crippen molar-refractivity contribution in [2.75, 3.05) is 19.6 Å². The van der Waals surface area contributed by atoms with Gasteiger partial charge in [0.25, 0.3) is 11.6 Å². The summed E-state index contributed by atoms with van der Waals surface area (Å²) in [5.41, 5.74) is -0.607. The highest BCUT2D eigenvalue weighted by atomic mass is 35.5. The third kappa shape index (κ3) is 3.54. The molecule has 118 valence electrons. The van der Waals surface area contributed by atoms with Crippen LogP contribution in [0.1, 0.15) is 23.7 Å². The molecule has 2 amide bonds. The first-order chi connectivity index (χ1) is 10.4. The number of nitro groups is 1. The van der Waals surface area contributed by atoms with Crippen LogP contribution in [0, 0.1) is 16.0 Å². The predicted molar refractivity (Wildman–Crippen MR) is 80.8 cm³/mol. The Balaban J connectivity index is 2.04. The molecule has 0 saturated carbocycles. The molecule has 1 aromatic rings. The summed E-state index contributed by atoms with van der Waals surface area (Å²) in [6, 6.07) is 3.99. The summed E-state index contributed by atoms with van der Waals surface area (Å²) in [6.45, 7) is 3.19. The standard InChI is InChI=1S/C14H16ClN3O4/c1-9-5-6-17(8-9)12(19)7-16-14(20)13-10(15)3-2-4-11(13)18(21)22/h2-4,9H,5-8H2,1H3,(H,16,20). The van der Waals surface area contributed by atoms with Crippen molar-refractivity contribution in [2.45, 2.75) is 13.3 Å². The van der Waals surface area contributed by atoms with E-state index in [1.165, 1.54) is 18.2 Å². The summed E-state index contributed by atoms with van der Waals surface area (Å²) >= 11 is 5.87. The molecule has 0 radical (unpaired) electrons. The van der Waals surface area contributed by atoms with E-state index in [0.29, 0.717) is 19.0 Å². The normalized spacial score (nSPS) is 17.4. The molecule has 1 aliphatic rings. The first-order valence-electron chi connectivity index (χ1n) is 6.89. The van der Waals surface area contributed by atoms with Crippen molar-refractivity contribution in [1.82, 2.24) is 10.2 Å². The molecule has 22 heavy (non-hydrogen) atoms. The van der Waals surface area contributed by atoms with Gasteiger partial charge in [-0.2, -0.15) is 0 Å². The minimum atomic E-state index is -0.724. The highest BCUT2D eigenvalue weighted by molar-refractivity contribution is 6.34. The zero-order valence-corrected chi connectivity index (χ0v) is 12.8. The Hall–Kier alpha value is -2.15. The zero-order valence-electron chi connectivity index (χ0n) is 12.0. The summed E-state index contributed by atoms with van der Waals surface area (Å²) in [6.07, 6.45) is 0.940. The zero-order chi connectivity index (χ0) is 16.3. The third-order valence-corrected chi connectivity index (χ3v) is 3.91. The molecule has 1 atom stereocenters. The van der Waals surface area contributed by atoms with Gasteiger partial charge in [0.15, 0.2) is 0 Å². The molecule has 1 fully saturated rings. The van der Waals surface area contributed by atoms with Crippen LogP contribution < -0.4 is 5.32 Å². The Morgan fingerprint density at radius 1 is 1.50 bits per heavy atom. The van der Waals surface area contributed by atoms with Crippen LogP contribution in [0.25, 0.3) is 0 Å². The van der Waals surface area contributed by atoms with Gasteiger partial charge in [-0.05, 0) is 18.4 Å². The number of halogens is 1. The lowest BCUT2D eigenvalue weighted by Gasteiger charge is -2.16. The van der Waals surface area contributed by atoms with Gasteiger partial charge in [0, 0.05) is 19.2 Å². The third-order valence-electron chi connectivity index (χ3n) is 3.59. The molecule has 1 unspecified atom stereocenters. The lowest BCUT2D eigenvalue weighted by atomic mass is 10.1. The maximum absolute atomic E-state index is 12.1. The molecule has 0 aromatic heterocycles. The number of nitrogens with zero attached hydrogens (tertiary/aromatic N) is 2. The number of nitrogens with one attached hydrogen (secondary N) is 1. The van der Waals surface area contributed by atoms with Crippen LogP contribution in [0.15, 0.2) is 18.2 Å². The second-order valence-electron chi connectivity index (χ2n) is 5.31. The van der Waals surface area contributed by atoms with Crippen LogP contribution in [-0.4, -0.2) is 41.3 Å². The van der Waals surface area contributed by atoms with E-state index in [2.05, 4.69) is 12.2 Å². The fourth-order valence-corrected chi connectivity index (χ4v) is 2.66. The van der Waals surface area contributed by atoms with E-state index in [1.54, 1.807) is 4.90 Å². The van der Waals surface area contributed by atoms with Gasteiger partial charge in [-0.25, -0.2) is 0 Å². The molecule has 0 spiro atoms. The van der Waals surface area contributed by atoms with Crippen LogP contribution in [0.5, 0.6) is 0 Å². The minimum absolute atomic E-state index is 0.0195. The monoisotopic (exact) mass is 325 g/mol. The number of carbonyl (C=O) groups is 2. The molecule has 0 aliphatic carbocycles. The Bertz CT molecular complexity index is 620. The summed E-state index contributed by atoms with van der Waals surface area (Å²) in [4.78, 5) is 36.0. The highest BCUT2D eigenvalue weighted by Crippen LogP contribution is 2.26. The number of rotatable bonds is 4. The molecule has 1 N–H and O–H groups in total. The van der Waals surface area contributed by atoms with E-state index >= 15 is 0 Å². The van der Waals surface area contributed by atoms with Gasteiger partial charge >= 0.3 is 0 Å². The van der Waals surface area contributed by atoms with Crippen molar-refractivity contribution in [3.05, 3.63) is 38.9 Å². The van der Waals surface area contributed by atoms with Gasteiger partial charge in [-0.1, -0.05) is 24.6 Å². The van der Waals surface area contributed by atoms with E-state index in [9.17, 15) is 19.7 Å². The average molecular weight is 326 g/mol. The molecular weight excluding hydrogens is 310 g/mol. The maximum atomic E-state index is 12.1. The second kappa shape index (κ2) is 6.74. The van der Waals surface area contributed by atoms with E-state index in [4.69, 9.17) is 11.6 Å². The van der Waals surface area contributed by atoms with Gasteiger partial charge in [-0.15, -0.1) is 0 Å². The number of hydrogen-bond acceptors (Lipinski definition) is 4. The Labute approximate surface area is 132 Å². The van der Waals surface area contributed by atoms with E-state index in [1.807, 2.05) is 0 Å². The van der Waals surface area contributed by atoms with Crippen molar-refractivity contribution >= 4 is 29.1 Å². The average Bonchev–Trinajstić information content (AvgIpc) is 2.90. The summed E-state index contributed by atoms with van der Waals surface area (Å²) in [5, 5.41) is 13.3. The fraction of sp³-hybridized carbons (Fsp3) is 0.429. The molecule has 2 rings (SSSR count). The predicted octanol–water partition coefficient (Wildman–Crippen LogP) is 1.85. The molecule has 1 saturated heterocycles. The number of amides is 2. The lowest BCUT2D eigenvalue weighted by molar-refractivity contribution is -0.385. The van der Waals surface area contributed by atoms with Gasteiger partial charge in [0.05, 0.1) is 16.5 Å². The summed E-state index contributed by atoms with van der Waals surface area (Å²) in [7, 11) is 0. The Morgan fingerprint density at radius 2 is 2.23 bits per heavy atom. The molecule has 0 bridgehead atoms. The minimum Gasteiger partial charge on any atom is -0.343 e. The largest absolute Gasteiger partial charge is 0.343 e. The topological polar surface area (TPSA) is 92.6 Å².